The molecule has 0 aliphatic rings. The van der Waals surface area contributed by atoms with Crippen LogP contribution in [0.1, 0.15) is 53.7 Å². The normalized spacial score (nSPS) is 12.8. The molecule has 0 aliphatic carbocycles. The first-order valence-corrected chi connectivity index (χ1v) is 7.74. The molecule has 0 saturated carbocycles. The van der Waals surface area contributed by atoms with E-state index in [1.807, 2.05) is 24.3 Å². The summed E-state index contributed by atoms with van der Waals surface area (Å²) in [6.07, 6.45) is -0.568. The first-order valence-electron chi connectivity index (χ1n) is 6.94. The van der Waals surface area contributed by atoms with Gasteiger partial charge in [0.15, 0.2) is 0 Å². The van der Waals surface area contributed by atoms with Gasteiger partial charge in [-0.2, -0.15) is 0 Å². The van der Waals surface area contributed by atoms with Crippen molar-refractivity contribution in [3.05, 3.63) is 68.7 Å². The van der Waals surface area contributed by atoms with Crippen LogP contribution in [-0.2, 0) is 0 Å². The second kappa shape index (κ2) is 6.11. The maximum atomic E-state index is 10.5. The van der Waals surface area contributed by atoms with E-state index < -0.39 is 6.10 Å². The minimum atomic E-state index is -0.568. The van der Waals surface area contributed by atoms with Gasteiger partial charge in [-0.25, -0.2) is 0 Å². The third-order valence-electron chi connectivity index (χ3n) is 3.69. The average Bonchev–Trinajstić information content (AvgIpc) is 2.43. The lowest BCUT2D eigenvalue weighted by molar-refractivity contribution is 0.220. The van der Waals surface area contributed by atoms with Crippen molar-refractivity contribution in [2.24, 2.45) is 0 Å². The molecule has 1 atom stereocenters. The van der Waals surface area contributed by atoms with Crippen LogP contribution in [0.2, 0.25) is 0 Å². The van der Waals surface area contributed by atoms with Crippen molar-refractivity contribution >= 4 is 15.9 Å². The molecule has 0 spiro atoms. The molecule has 1 N–H and O–H groups in total. The standard InChI is InChI=1S/C18H21BrO/c1-11(2)14-5-7-15(8-6-14)18(20)16-9-12(3)17(19)13(4)10-16/h5-11,18,20H,1-4H3. The average molecular weight is 333 g/mol. The van der Waals surface area contributed by atoms with Crippen LogP contribution in [0.4, 0.5) is 0 Å². The van der Waals surface area contributed by atoms with Gasteiger partial charge in [0, 0.05) is 4.47 Å². The minimum Gasteiger partial charge on any atom is -0.384 e. The fourth-order valence-electron chi connectivity index (χ4n) is 2.39. The van der Waals surface area contributed by atoms with E-state index in [0.29, 0.717) is 5.92 Å². The van der Waals surface area contributed by atoms with Crippen molar-refractivity contribution in [2.75, 3.05) is 0 Å². The molecule has 0 aromatic heterocycles. The summed E-state index contributed by atoms with van der Waals surface area (Å²) in [5, 5.41) is 10.5. The Hall–Kier alpha value is -1.12. The van der Waals surface area contributed by atoms with Crippen molar-refractivity contribution in [1.29, 1.82) is 0 Å². The number of hydrogen-bond acceptors (Lipinski definition) is 1. The van der Waals surface area contributed by atoms with Crippen LogP contribution in [0.15, 0.2) is 40.9 Å². The number of hydrogen-bond donors (Lipinski definition) is 1. The SMILES string of the molecule is Cc1cc(C(O)c2ccc(C(C)C)cc2)cc(C)c1Br. The monoisotopic (exact) mass is 332 g/mol. The van der Waals surface area contributed by atoms with E-state index >= 15 is 0 Å². The van der Waals surface area contributed by atoms with E-state index in [-0.39, 0.29) is 0 Å². The number of benzene rings is 2. The molecule has 0 aliphatic heterocycles. The van der Waals surface area contributed by atoms with Gasteiger partial charge in [-0.05, 0) is 47.6 Å². The second-order valence-corrected chi connectivity index (χ2v) is 6.49. The molecule has 20 heavy (non-hydrogen) atoms. The van der Waals surface area contributed by atoms with Crippen LogP contribution in [0.5, 0.6) is 0 Å². The Kier molecular flexibility index (Phi) is 4.66. The van der Waals surface area contributed by atoms with Crippen molar-refractivity contribution < 1.29 is 5.11 Å². The Balaban J connectivity index is 2.33. The fourth-order valence-corrected chi connectivity index (χ4v) is 2.62. The van der Waals surface area contributed by atoms with Gasteiger partial charge in [-0.1, -0.05) is 66.2 Å². The van der Waals surface area contributed by atoms with Gasteiger partial charge in [0.1, 0.15) is 6.10 Å². The third-order valence-corrected chi connectivity index (χ3v) is 4.94. The molecule has 0 saturated heterocycles. The lowest BCUT2D eigenvalue weighted by atomic mass is 9.95. The Bertz CT molecular complexity index is 576. The second-order valence-electron chi connectivity index (χ2n) is 5.69. The van der Waals surface area contributed by atoms with Gasteiger partial charge < -0.3 is 5.11 Å². The van der Waals surface area contributed by atoms with Crippen LogP contribution in [0.3, 0.4) is 0 Å². The number of rotatable bonds is 3. The lowest BCUT2D eigenvalue weighted by Gasteiger charge is -2.15. The highest BCUT2D eigenvalue weighted by Crippen LogP contribution is 2.29. The van der Waals surface area contributed by atoms with Gasteiger partial charge in [0.25, 0.3) is 0 Å². The van der Waals surface area contributed by atoms with E-state index in [0.717, 1.165) is 26.7 Å². The molecule has 106 valence electrons. The van der Waals surface area contributed by atoms with Crippen LogP contribution >= 0.6 is 15.9 Å². The highest BCUT2D eigenvalue weighted by Gasteiger charge is 2.13. The molecule has 2 aromatic rings. The molecule has 0 radical (unpaired) electrons. The molecule has 2 rings (SSSR count). The summed E-state index contributed by atoms with van der Waals surface area (Å²) in [7, 11) is 0. The zero-order chi connectivity index (χ0) is 14.9. The zero-order valence-corrected chi connectivity index (χ0v) is 14.0. The molecule has 1 nitrogen and oxygen atoms in total. The molecule has 0 bridgehead atoms. The first-order chi connectivity index (χ1) is 9.40. The van der Waals surface area contributed by atoms with Crippen LogP contribution in [0.25, 0.3) is 0 Å². The van der Waals surface area contributed by atoms with Gasteiger partial charge in [0.05, 0.1) is 0 Å². The van der Waals surface area contributed by atoms with Crippen molar-refractivity contribution in [3.8, 4) is 0 Å². The summed E-state index contributed by atoms with van der Waals surface area (Å²) in [5.74, 6) is 0.512. The smallest absolute Gasteiger partial charge is 0.104 e. The van der Waals surface area contributed by atoms with Crippen molar-refractivity contribution in [2.45, 2.75) is 39.7 Å². The molecule has 2 heteroatoms. The van der Waals surface area contributed by atoms with Crippen LogP contribution < -0.4 is 0 Å². The Labute approximate surface area is 129 Å². The molecule has 0 fully saturated rings. The highest BCUT2D eigenvalue weighted by atomic mass is 79.9. The Morgan fingerprint density at radius 1 is 0.850 bits per heavy atom. The summed E-state index contributed by atoms with van der Waals surface area (Å²) >= 11 is 3.56. The van der Waals surface area contributed by atoms with E-state index in [9.17, 15) is 5.11 Å². The predicted molar refractivity (Wildman–Crippen MR) is 88.2 cm³/mol. The van der Waals surface area contributed by atoms with E-state index in [1.165, 1.54) is 5.56 Å². The van der Waals surface area contributed by atoms with Gasteiger partial charge >= 0.3 is 0 Å². The van der Waals surface area contributed by atoms with Crippen molar-refractivity contribution in [1.82, 2.24) is 0 Å². The van der Waals surface area contributed by atoms with Gasteiger partial charge in [-0.15, -0.1) is 0 Å². The molecular weight excluding hydrogens is 312 g/mol. The Morgan fingerprint density at radius 3 is 1.75 bits per heavy atom. The molecule has 1 unspecified atom stereocenters. The molecule has 2 aromatic carbocycles. The predicted octanol–water partition coefficient (Wildman–Crippen LogP) is 5.27. The zero-order valence-electron chi connectivity index (χ0n) is 12.4. The van der Waals surface area contributed by atoms with E-state index in [4.69, 9.17) is 0 Å². The number of aliphatic hydroxyl groups excluding tert-OH is 1. The topological polar surface area (TPSA) is 20.2 Å². The summed E-state index contributed by atoms with van der Waals surface area (Å²) in [6, 6.07) is 12.3. The van der Waals surface area contributed by atoms with Gasteiger partial charge in [0.2, 0.25) is 0 Å². The van der Waals surface area contributed by atoms with Crippen LogP contribution in [-0.4, -0.2) is 5.11 Å². The quantitative estimate of drug-likeness (QED) is 0.811. The number of halogens is 1. The minimum absolute atomic E-state index is 0.512. The summed E-state index contributed by atoms with van der Waals surface area (Å²) in [4.78, 5) is 0. The van der Waals surface area contributed by atoms with Crippen LogP contribution in [0, 0.1) is 13.8 Å². The van der Waals surface area contributed by atoms with E-state index in [2.05, 4.69) is 55.8 Å². The van der Waals surface area contributed by atoms with Crippen molar-refractivity contribution in [3.63, 3.8) is 0 Å². The number of aryl methyl sites for hydroxylation is 2. The maximum Gasteiger partial charge on any atom is 0.104 e. The maximum absolute atomic E-state index is 10.5. The lowest BCUT2D eigenvalue weighted by Crippen LogP contribution is -2.01. The van der Waals surface area contributed by atoms with E-state index in [1.54, 1.807) is 0 Å². The van der Waals surface area contributed by atoms with Gasteiger partial charge in [-0.3, -0.25) is 0 Å². The molecular formula is C18H21BrO. The largest absolute Gasteiger partial charge is 0.384 e. The molecule has 0 amide bonds. The highest BCUT2D eigenvalue weighted by molar-refractivity contribution is 9.10. The Morgan fingerprint density at radius 2 is 1.30 bits per heavy atom. The fraction of sp³-hybridized carbons (Fsp3) is 0.333. The number of aliphatic hydroxyl groups is 1. The summed E-state index contributed by atoms with van der Waals surface area (Å²) < 4.78 is 1.11. The molecule has 0 heterocycles. The summed E-state index contributed by atoms with van der Waals surface area (Å²) in [5.41, 5.74) is 5.48. The summed E-state index contributed by atoms with van der Waals surface area (Å²) in [6.45, 7) is 8.45. The first kappa shape index (κ1) is 15.3. The third kappa shape index (κ3) is 3.13.